The first-order valence-electron chi connectivity index (χ1n) is 5.37. The Labute approximate surface area is 158 Å². The van der Waals surface area contributed by atoms with Crippen molar-refractivity contribution in [2.24, 2.45) is 0 Å². The topological polar surface area (TPSA) is 38.7 Å². The van der Waals surface area contributed by atoms with E-state index < -0.39 is 48.1 Å². The molecule has 0 amide bonds. The van der Waals surface area contributed by atoms with Gasteiger partial charge in [0.15, 0.2) is 0 Å². The normalized spacial score (nSPS) is 30.2. The van der Waals surface area contributed by atoms with E-state index in [1.54, 1.807) is 0 Å². The molecule has 1 fully saturated rings. The number of halogens is 15. The molecule has 0 saturated carbocycles. The molecule has 157 valence electrons. The van der Waals surface area contributed by atoms with Crippen molar-refractivity contribution in [3.8, 4) is 0 Å². The number of hydrogen-bond acceptors (Lipinski definition) is 3. The van der Waals surface area contributed by atoms with Crippen molar-refractivity contribution in [2.45, 2.75) is 48.1 Å². The fourth-order valence-electron chi connectivity index (χ4n) is 1.58. The van der Waals surface area contributed by atoms with Gasteiger partial charge in [-0.2, -0.15) is 65.9 Å². The van der Waals surface area contributed by atoms with Gasteiger partial charge in [0.25, 0.3) is 0 Å². The Kier molecular flexibility index (Phi) is 6.37. The molecule has 0 bridgehead atoms. The molecule has 1 N–H and O–H groups in total. The van der Waals surface area contributed by atoms with Crippen LogP contribution in [-0.2, 0) is 9.47 Å². The first-order chi connectivity index (χ1) is 10.9. The quantitative estimate of drug-likeness (QED) is 0.525. The summed E-state index contributed by atoms with van der Waals surface area (Å²) in [6.07, 6.45) is -29.2. The van der Waals surface area contributed by atoms with Crippen molar-refractivity contribution in [3.63, 3.8) is 0 Å². The van der Waals surface area contributed by atoms with Crippen molar-refractivity contribution in [1.29, 1.82) is 0 Å². The predicted molar refractivity (Wildman–Crippen MR) is 48.6 cm³/mol. The molecule has 1 rings (SSSR count). The molecule has 3 nitrogen and oxygen atoms in total. The molecule has 27 heavy (non-hydrogen) atoms. The zero-order valence-corrected chi connectivity index (χ0v) is 13.9. The van der Waals surface area contributed by atoms with Crippen molar-refractivity contribution in [1.82, 2.24) is 0 Å². The molecule has 0 aromatic rings. The molecular weight excluding hydrogens is 452 g/mol. The van der Waals surface area contributed by atoms with E-state index in [4.69, 9.17) is 5.11 Å². The van der Waals surface area contributed by atoms with E-state index in [-0.39, 0.29) is 29.6 Å². The second-order valence-corrected chi connectivity index (χ2v) is 4.62. The van der Waals surface area contributed by atoms with Gasteiger partial charge in [-0.15, -0.1) is 0 Å². The van der Waals surface area contributed by atoms with Crippen LogP contribution in [0.3, 0.4) is 0 Å². The van der Waals surface area contributed by atoms with Crippen molar-refractivity contribution in [3.05, 3.63) is 0 Å². The molecule has 0 spiro atoms. The van der Waals surface area contributed by atoms with Gasteiger partial charge in [0.1, 0.15) is 0 Å². The monoisotopic (exact) mass is 453 g/mol. The van der Waals surface area contributed by atoms with Crippen LogP contribution in [0.5, 0.6) is 0 Å². The average molecular weight is 453 g/mol. The van der Waals surface area contributed by atoms with Crippen LogP contribution >= 0.6 is 0 Å². The molecule has 0 aromatic carbocycles. The van der Waals surface area contributed by atoms with Gasteiger partial charge in [0, 0.05) is 29.6 Å². The Morgan fingerprint density at radius 3 is 1.19 bits per heavy atom. The zero-order valence-electron chi connectivity index (χ0n) is 11.9. The average Bonchev–Trinajstić information content (AvgIpc) is 2.56. The number of aliphatic hydroxyl groups is 1. The van der Waals surface area contributed by atoms with Crippen molar-refractivity contribution < 1.29 is 80.4 Å². The molecule has 1 saturated heterocycles. The molecule has 1 radical (unpaired) electrons. The maximum atomic E-state index is 13.6. The first-order valence-corrected chi connectivity index (χ1v) is 5.37. The zero-order chi connectivity index (χ0) is 21.4. The summed E-state index contributed by atoms with van der Waals surface area (Å²) in [6, 6.07) is 0. The van der Waals surface area contributed by atoms with E-state index in [0.717, 1.165) is 0 Å². The maximum Gasteiger partial charge on any atom is 0.459 e. The number of alkyl halides is 15. The number of rotatable bonds is 3. The molecule has 0 aromatic heterocycles. The third-order valence-electron chi connectivity index (χ3n) is 2.86. The summed E-state index contributed by atoms with van der Waals surface area (Å²) >= 11 is 0. The number of ether oxygens (including phenoxy) is 2. The Balaban J connectivity index is 0.00000676. The van der Waals surface area contributed by atoms with Crippen LogP contribution in [0.1, 0.15) is 0 Å². The first kappa shape index (κ1) is 26.8. The van der Waals surface area contributed by atoms with Crippen LogP contribution < -0.4 is 0 Å². The van der Waals surface area contributed by atoms with Crippen molar-refractivity contribution in [2.75, 3.05) is 0 Å². The van der Waals surface area contributed by atoms with Gasteiger partial charge in [0.2, 0.25) is 0 Å². The van der Waals surface area contributed by atoms with E-state index >= 15 is 0 Å². The molecule has 1 aliphatic rings. The fraction of sp³-hybridized carbons (Fsp3) is 1.00. The molecule has 2 unspecified atom stereocenters. The summed E-state index contributed by atoms with van der Waals surface area (Å²) in [4.78, 5) is 0. The molecular formula is C8HF15NaO3. The molecule has 2 atom stereocenters. The van der Waals surface area contributed by atoms with Crippen LogP contribution in [-0.4, -0.2) is 82.7 Å². The van der Waals surface area contributed by atoms with Gasteiger partial charge < -0.3 is 5.11 Å². The van der Waals surface area contributed by atoms with E-state index in [2.05, 4.69) is 0 Å². The van der Waals surface area contributed by atoms with Gasteiger partial charge in [-0.25, -0.2) is 0 Å². The SMILES string of the molecule is OC(F)(F)C1(C(F)(F)C(F)(F)F)OC(F)(F)C(F)(C(F)(F)C(F)(F)F)O1.[Na]. The van der Waals surface area contributed by atoms with Gasteiger partial charge >= 0.3 is 48.1 Å². The summed E-state index contributed by atoms with van der Waals surface area (Å²) in [5.74, 6) is -29.7. The van der Waals surface area contributed by atoms with E-state index in [1.807, 2.05) is 9.47 Å². The second kappa shape index (κ2) is 6.41. The van der Waals surface area contributed by atoms with Gasteiger partial charge in [0.05, 0.1) is 0 Å². The summed E-state index contributed by atoms with van der Waals surface area (Å²) in [7, 11) is 0. The minimum absolute atomic E-state index is 0. The minimum atomic E-state index is -7.65. The third kappa shape index (κ3) is 3.38. The smallest absolute Gasteiger partial charge is 0.332 e. The summed E-state index contributed by atoms with van der Waals surface area (Å²) < 4.78 is 194. The van der Waals surface area contributed by atoms with Gasteiger partial charge in [-0.3, -0.25) is 9.47 Å². The summed E-state index contributed by atoms with van der Waals surface area (Å²) in [5, 5.41) is 8.01. The largest absolute Gasteiger partial charge is 0.459 e. The Bertz CT molecular complexity index is 565. The third-order valence-corrected chi connectivity index (χ3v) is 2.86. The van der Waals surface area contributed by atoms with E-state index in [9.17, 15) is 65.9 Å². The van der Waals surface area contributed by atoms with E-state index in [0.29, 0.717) is 0 Å². The Morgan fingerprint density at radius 1 is 0.593 bits per heavy atom. The van der Waals surface area contributed by atoms with Gasteiger partial charge in [-0.1, -0.05) is 0 Å². The van der Waals surface area contributed by atoms with Crippen LogP contribution in [0.25, 0.3) is 0 Å². The summed E-state index contributed by atoms with van der Waals surface area (Å²) in [5.41, 5.74) is 0. The number of hydrogen-bond donors (Lipinski definition) is 1. The van der Waals surface area contributed by atoms with Crippen LogP contribution in [0.4, 0.5) is 65.9 Å². The van der Waals surface area contributed by atoms with Crippen LogP contribution in [0, 0.1) is 0 Å². The molecule has 0 aliphatic carbocycles. The van der Waals surface area contributed by atoms with Crippen molar-refractivity contribution >= 4 is 29.6 Å². The molecule has 19 heteroatoms. The predicted octanol–water partition coefficient (Wildman–Crippen LogP) is 3.59. The standard InChI is InChI=1S/C8HF15O3.Na/c9-1(10,5(14,15)16)3(13)8(22,23)26-4(25-3,7(20,21)24)2(11,12)6(17,18)19;/h24H;. The molecule has 1 heterocycles. The van der Waals surface area contributed by atoms with Crippen LogP contribution in [0.15, 0.2) is 0 Å². The maximum absolute atomic E-state index is 13.6. The van der Waals surface area contributed by atoms with Crippen LogP contribution in [0.2, 0.25) is 0 Å². The minimum Gasteiger partial charge on any atom is -0.332 e. The van der Waals surface area contributed by atoms with Gasteiger partial charge in [-0.05, 0) is 0 Å². The Hall–Kier alpha value is -0.170. The fourth-order valence-corrected chi connectivity index (χ4v) is 1.58. The second-order valence-electron chi connectivity index (χ2n) is 4.62. The Morgan fingerprint density at radius 2 is 0.926 bits per heavy atom. The summed E-state index contributed by atoms with van der Waals surface area (Å²) in [6.45, 7) is 0. The molecule has 1 aliphatic heterocycles. The van der Waals surface area contributed by atoms with E-state index in [1.165, 1.54) is 0 Å².